The zero-order valence-electron chi connectivity index (χ0n) is 29.1. The summed E-state index contributed by atoms with van der Waals surface area (Å²) in [6.07, 6.45) is 4.98. The van der Waals surface area contributed by atoms with Crippen molar-refractivity contribution in [2.75, 3.05) is 27.3 Å². The monoisotopic (exact) mass is 682 g/mol. The Hall–Kier alpha value is -5.86. The Labute approximate surface area is 292 Å². The van der Waals surface area contributed by atoms with E-state index in [4.69, 9.17) is 9.47 Å². The number of H-pyrrole nitrogens is 2. The number of hydrogen-bond donors (Lipinski definition) is 4. The number of imidazole rings is 2. The molecule has 0 aromatic carbocycles. The molecule has 2 aromatic rings. The normalized spacial score (nSPS) is 17.5. The quantitative estimate of drug-likeness (QED) is 0.308. The van der Waals surface area contributed by atoms with E-state index in [1.54, 1.807) is 22.2 Å². The van der Waals surface area contributed by atoms with Crippen molar-refractivity contribution in [3.8, 4) is 47.4 Å². The van der Waals surface area contributed by atoms with Gasteiger partial charge in [0.25, 0.3) is 0 Å². The van der Waals surface area contributed by atoms with E-state index in [1.807, 2.05) is 27.7 Å². The van der Waals surface area contributed by atoms with Gasteiger partial charge in [0, 0.05) is 13.1 Å². The molecule has 50 heavy (non-hydrogen) atoms. The number of ether oxygens (including phenoxy) is 2. The Bertz CT molecular complexity index is 1680. The molecule has 0 bridgehead atoms. The second-order valence-electron chi connectivity index (χ2n) is 12.5. The number of rotatable bonds is 8. The molecule has 0 saturated carbocycles. The van der Waals surface area contributed by atoms with Gasteiger partial charge in [0.1, 0.15) is 35.1 Å². The van der Waals surface area contributed by atoms with Crippen molar-refractivity contribution in [2.45, 2.75) is 77.5 Å². The smallest absolute Gasteiger partial charge is 0.407 e. The number of aromatic nitrogens is 4. The molecule has 4 heterocycles. The minimum absolute atomic E-state index is 0.124. The highest BCUT2D eigenvalue weighted by Gasteiger charge is 2.38. The van der Waals surface area contributed by atoms with Gasteiger partial charge in [0.05, 0.1) is 38.7 Å². The summed E-state index contributed by atoms with van der Waals surface area (Å²) in [7, 11) is 2.53. The molecule has 14 nitrogen and oxygen atoms in total. The predicted octanol–water partition coefficient (Wildman–Crippen LogP) is 2.63. The third-order valence-electron chi connectivity index (χ3n) is 8.38. The van der Waals surface area contributed by atoms with Gasteiger partial charge in [-0.15, -0.1) is 0 Å². The molecule has 2 aliphatic heterocycles. The van der Waals surface area contributed by atoms with Crippen LogP contribution < -0.4 is 10.6 Å². The number of hydrogen-bond acceptors (Lipinski definition) is 8. The first-order valence-electron chi connectivity index (χ1n) is 16.5. The SMILES string of the molecule is COC(=O)N[C@H](C(=O)N1CCC[C@H]1c1ncc(C#CC#CC#CC#Cc2cnc([C@@H]3CCCN3C(=O)[C@@H](NC(=O)OC)C(C)C)[nH]2)[nH]1)C(C)C. The third-order valence-corrected chi connectivity index (χ3v) is 8.38. The summed E-state index contributed by atoms with van der Waals surface area (Å²) in [5.41, 5.74) is 1.10. The number of likely N-dealkylation sites (tertiary alicyclic amines) is 2. The second kappa shape index (κ2) is 17.5. The molecule has 2 aliphatic rings. The minimum Gasteiger partial charge on any atom is -0.453 e. The van der Waals surface area contributed by atoms with Crippen molar-refractivity contribution in [3.63, 3.8) is 0 Å². The molecule has 2 saturated heterocycles. The van der Waals surface area contributed by atoms with Gasteiger partial charge in [-0.25, -0.2) is 19.6 Å². The van der Waals surface area contributed by atoms with Gasteiger partial charge < -0.3 is 39.9 Å². The lowest BCUT2D eigenvalue weighted by molar-refractivity contribution is -0.136. The van der Waals surface area contributed by atoms with E-state index in [0.29, 0.717) is 36.1 Å². The van der Waals surface area contributed by atoms with Crippen molar-refractivity contribution >= 4 is 24.0 Å². The van der Waals surface area contributed by atoms with E-state index in [0.717, 1.165) is 25.7 Å². The number of alkyl carbamates (subject to hydrolysis) is 2. The maximum absolute atomic E-state index is 13.3. The molecule has 262 valence electrons. The number of nitrogens with zero attached hydrogens (tertiary/aromatic N) is 4. The average Bonchev–Trinajstić information content (AvgIpc) is 3.93. The van der Waals surface area contributed by atoms with Crippen molar-refractivity contribution in [1.82, 2.24) is 40.4 Å². The number of methoxy groups -OCH3 is 2. The Morgan fingerprint density at radius 1 is 0.700 bits per heavy atom. The van der Waals surface area contributed by atoms with Gasteiger partial charge in [-0.3, -0.25) is 9.59 Å². The molecular weight excluding hydrogens is 640 g/mol. The summed E-state index contributed by atoms with van der Waals surface area (Å²) in [5.74, 6) is 22.5. The fourth-order valence-electron chi connectivity index (χ4n) is 5.85. The molecule has 4 N–H and O–H groups in total. The van der Waals surface area contributed by atoms with Crippen molar-refractivity contribution in [2.24, 2.45) is 11.8 Å². The fraction of sp³-hybridized carbons (Fsp3) is 0.500. The van der Waals surface area contributed by atoms with Crippen LogP contribution >= 0.6 is 0 Å². The molecule has 4 rings (SSSR count). The van der Waals surface area contributed by atoms with Crippen LogP contribution in [0.2, 0.25) is 0 Å². The highest BCUT2D eigenvalue weighted by atomic mass is 16.5. The highest BCUT2D eigenvalue weighted by Crippen LogP contribution is 2.32. The van der Waals surface area contributed by atoms with Crippen LogP contribution in [0.15, 0.2) is 12.4 Å². The molecule has 0 aliphatic carbocycles. The van der Waals surface area contributed by atoms with Crippen molar-refractivity contribution in [1.29, 1.82) is 0 Å². The first-order valence-corrected chi connectivity index (χ1v) is 16.5. The maximum Gasteiger partial charge on any atom is 0.407 e. The third kappa shape index (κ3) is 9.39. The van der Waals surface area contributed by atoms with Crippen LogP contribution in [0, 0.1) is 59.2 Å². The number of carbonyl (C=O) groups excluding carboxylic acids is 4. The standard InChI is InChI=1S/C36H42N8O6/c1-23(2)29(41-35(47)49-5)33(45)43-19-13-17-27(43)31-37-21-25(39-31)15-11-9-7-8-10-12-16-26-22-38-32(40-26)28-18-14-20-44(28)34(46)30(24(3)4)42-36(48)50-6/h21-24,27-30H,13-14,17-20H2,1-6H3,(H,37,39)(H,38,40)(H,41,47)(H,42,48)/t27-,28-,29-,30-/m0/s1. The van der Waals surface area contributed by atoms with E-state index >= 15 is 0 Å². The molecule has 4 atom stereocenters. The van der Waals surface area contributed by atoms with E-state index < -0.39 is 24.3 Å². The van der Waals surface area contributed by atoms with E-state index in [2.05, 4.69) is 77.9 Å². The zero-order chi connectivity index (χ0) is 36.2. The summed E-state index contributed by atoms with van der Waals surface area (Å²) in [5, 5.41) is 5.28. The van der Waals surface area contributed by atoms with Crippen LogP contribution in [-0.4, -0.2) is 93.1 Å². The number of nitrogens with one attached hydrogen (secondary N) is 4. The van der Waals surface area contributed by atoms with E-state index in [-0.39, 0.29) is 35.7 Å². The molecule has 2 aromatic heterocycles. The number of amides is 4. The molecule has 0 radical (unpaired) electrons. The van der Waals surface area contributed by atoms with Crippen LogP contribution in [-0.2, 0) is 19.1 Å². The molecule has 4 amide bonds. The first-order chi connectivity index (χ1) is 24.0. The Kier molecular flexibility index (Phi) is 12.9. The predicted molar refractivity (Wildman–Crippen MR) is 182 cm³/mol. The fourth-order valence-corrected chi connectivity index (χ4v) is 5.85. The first kappa shape index (κ1) is 37.0. The van der Waals surface area contributed by atoms with Crippen LogP contribution in [0.1, 0.15) is 88.5 Å². The highest BCUT2D eigenvalue weighted by molar-refractivity contribution is 5.87. The van der Waals surface area contributed by atoms with Gasteiger partial charge >= 0.3 is 12.2 Å². The van der Waals surface area contributed by atoms with Crippen LogP contribution in [0.25, 0.3) is 0 Å². The van der Waals surface area contributed by atoms with Crippen LogP contribution in [0.4, 0.5) is 9.59 Å². The Balaban J connectivity index is 1.33. The van der Waals surface area contributed by atoms with Gasteiger partial charge in [-0.1, -0.05) is 27.7 Å². The molecule has 0 spiro atoms. The summed E-state index contributed by atoms with van der Waals surface area (Å²) in [4.78, 5) is 68.9. The molecule has 2 fully saturated rings. The summed E-state index contributed by atoms with van der Waals surface area (Å²) in [6, 6.07) is -1.94. The molecule has 14 heteroatoms. The molecule has 0 unspecified atom stereocenters. The zero-order valence-corrected chi connectivity index (χ0v) is 29.1. The Morgan fingerprint density at radius 2 is 1.08 bits per heavy atom. The number of carbonyl (C=O) groups is 4. The minimum atomic E-state index is -0.711. The van der Waals surface area contributed by atoms with Crippen molar-refractivity contribution < 1.29 is 28.7 Å². The summed E-state index contributed by atoms with van der Waals surface area (Å²) >= 11 is 0. The lowest BCUT2D eigenvalue weighted by atomic mass is 10.0. The Morgan fingerprint density at radius 3 is 1.44 bits per heavy atom. The van der Waals surface area contributed by atoms with Crippen LogP contribution in [0.5, 0.6) is 0 Å². The maximum atomic E-state index is 13.3. The van der Waals surface area contributed by atoms with E-state index in [9.17, 15) is 19.2 Å². The molecular formula is C36H42N8O6. The second-order valence-corrected chi connectivity index (χ2v) is 12.5. The van der Waals surface area contributed by atoms with Gasteiger partial charge in [-0.2, -0.15) is 0 Å². The largest absolute Gasteiger partial charge is 0.453 e. The van der Waals surface area contributed by atoms with Gasteiger partial charge in [0.15, 0.2) is 0 Å². The van der Waals surface area contributed by atoms with Crippen molar-refractivity contribution in [3.05, 3.63) is 35.4 Å². The van der Waals surface area contributed by atoms with Crippen LogP contribution in [0.3, 0.4) is 0 Å². The average molecular weight is 683 g/mol. The number of aromatic amines is 2. The van der Waals surface area contributed by atoms with Gasteiger partial charge in [-0.05, 0) is 84.9 Å². The topological polar surface area (TPSA) is 175 Å². The lowest BCUT2D eigenvalue weighted by Crippen LogP contribution is -2.51. The summed E-state index contributed by atoms with van der Waals surface area (Å²) in [6.45, 7) is 8.58. The lowest BCUT2D eigenvalue weighted by Gasteiger charge is -2.29. The van der Waals surface area contributed by atoms with E-state index in [1.165, 1.54) is 14.2 Å². The van der Waals surface area contributed by atoms with Gasteiger partial charge in [0.2, 0.25) is 11.8 Å². The summed E-state index contributed by atoms with van der Waals surface area (Å²) < 4.78 is 9.38.